The average Bonchev–Trinajstić information content (AvgIpc) is 3.69. The summed E-state index contributed by atoms with van der Waals surface area (Å²) in [5.74, 6) is 4.29. The maximum atomic E-state index is 13.4. The number of nitrogens with one attached hydrogen (secondary N) is 1. The van der Waals surface area contributed by atoms with E-state index in [0.29, 0.717) is 66.8 Å². The molecule has 3 aliphatic rings. The first-order chi connectivity index (χ1) is 19.0. The van der Waals surface area contributed by atoms with Gasteiger partial charge < -0.3 is 33.9 Å². The monoisotopic (exact) mass is 546 g/mol. The molecule has 3 fully saturated rings. The van der Waals surface area contributed by atoms with Crippen molar-refractivity contribution in [2.24, 2.45) is 23.7 Å². The minimum atomic E-state index is 0.0689. The summed E-state index contributed by atoms with van der Waals surface area (Å²) < 4.78 is 28.7. The SMILES string of the molecule is COCCCOc1cc(O[C@@H](C[C@H]2CNC[C@H]2CN(C(=O)CC2CCOCC2)C2CC2)C(C)C)ccc1OC. The molecule has 3 atom stereocenters. The fourth-order valence-corrected chi connectivity index (χ4v) is 5.84. The third-order valence-electron chi connectivity index (χ3n) is 8.47. The van der Waals surface area contributed by atoms with E-state index in [1.807, 2.05) is 18.2 Å². The van der Waals surface area contributed by atoms with Crippen LogP contribution < -0.4 is 19.5 Å². The Labute approximate surface area is 235 Å². The smallest absolute Gasteiger partial charge is 0.223 e. The minimum absolute atomic E-state index is 0.0689. The molecule has 8 heteroatoms. The highest BCUT2D eigenvalue weighted by Crippen LogP contribution is 2.36. The van der Waals surface area contributed by atoms with Gasteiger partial charge in [-0.3, -0.25) is 4.79 Å². The van der Waals surface area contributed by atoms with Crippen molar-refractivity contribution in [3.05, 3.63) is 18.2 Å². The first-order valence-electron chi connectivity index (χ1n) is 15.0. The van der Waals surface area contributed by atoms with Gasteiger partial charge in [-0.25, -0.2) is 0 Å². The van der Waals surface area contributed by atoms with Gasteiger partial charge >= 0.3 is 0 Å². The van der Waals surface area contributed by atoms with Crippen LogP contribution >= 0.6 is 0 Å². The number of nitrogens with zero attached hydrogens (tertiary/aromatic N) is 1. The highest BCUT2D eigenvalue weighted by atomic mass is 16.5. The highest BCUT2D eigenvalue weighted by Gasteiger charge is 2.39. The van der Waals surface area contributed by atoms with E-state index in [-0.39, 0.29) is 6.10 Å². The van der Waals surface area contributed by atoms with Crippen LogP contribution in [-0.2, 0) is 14.3 Å². The molecule has 220 valence electrons. The Bertz CT molecular complexity index is 886. The zero-order valence-corrected chi connectivity index (χ0v) is 24.5. The number of ether oxygens (including phenoxy) is 5. The second-order valence-electron chi connectivity index (χ2n) is 11.9. The first kappa shape index (κ1) is 29.9. The summed E-state index contributed by atoms with van der Waals surface area (Å²) in [4.78, 5) is 15.6. The average molecular weight is 547 g/mol. The lowest BCUT2D eigenvalue weighted by Gasteiger charge is -2.32. The summed E-state index contributed by atoms with van der Waals surface area (Å²) >= 11 is 0. The third kappa shape index (κ3) is 8.98. The zero-order valence-electron chi connectivity index (χ0n) is 24.5. The number of hydrogen-bond acceptors (Lipinski definition) is 7. The van der Waals surface area contributed by atoms with Gasteiger partial charge in [0.2, 0.25) is 5.91 Å². The number of carbonyl (C=O) groups excluding carboxylic acids is 1. The molecule has 1 N–H and O–H groups in total. The Kier molecular flexibility index (Phi) is 11.6. The largest absolute Gasteiger partial charge is 0.493 e. The molecular weight excluding hydrogens is 496 g/mol. The predicted molar refractivity (Wildman–Crippen MR) is 152 cm³/mol. The third-order valence-corrected chi connectivity index (χ3v) is 8.47. The number of rotatable bonds is 16. The van der Waals surface area contributed by atoms with E-state index in [9.17, 15) is 4.79 Å². The summed E-state index contributed by atoms with van der Waals surface area (Å²) in [6.45, 7) is 10.0. The van der Waals surface area contributed by atoms with E-state index in [2.05, 4.69) is 24.1 Å². The van der Waals surface area contributed by atoms with Crippen LogP contribution in [0.25, 0.3) is 0 Å². The van der Waals surface area contributed by atoms with Crippen LogP contribution in [0.4, 0.5) is 0 Å². The van der Waals surface area contributed by atoms with Crippen LogP contribution in [0.5, 0.6) is 17.2 Å². The van der Waals surface area contributed by atoms with Crippen LogP contribution in [-0.4, -0.2) is 83.2 Å². The van der Waals surface area contributed by atoms with E-state index < -0.39 is 0 Å². The van der Waals surface area contributed by atoms with E-state index in [0.717, 1.165) is 77.1 Å². The summed E-state index contributed by atoms with van der Waals surface area (Å²) in [6.07, 6.45) is 6.83. The number of amides is 1. The number of benzene rings is 1. The lowest BCUT2D eigenvalue weighted by atomic mass is 9.86. The molecule has 39 heavy (non-hydrogen) atoms. The van der Waals surface area contributed by atoms with Crippen molar-refractivity contribution in [1.29, 1.82) is 0 Å². The molecule has 0 unspecified atom stereocenters. The topological polar surface area (TPSA) is 78.5 Å². The van der Waals surface area contributed by atoms with Crippen LogP contribution in [0.2, 0.25) is 0 Å². The minimum Gasteiger partial charge on any atom is -0.493 e. The summed E-state index contributed by atoms with van der Waals surface area (Å²) in [7, 11) is 3.35. The molecule has 0 spiro atoms. The fourth-order valence-electron chi connectivity index (χ4n) is 5.84. The normalized spacial score (nSPS) is 22.6. The lowest BCUT2D eigenvalue weighted by molar-refractivity contribution is -0.134. The predicted octanol–water partition coefficient (Wildman–Crippen LogP) is 4.55. The molecule has 2 saturated heterocycles. The first-order valence-corrected chi connectivity index (χ1v) is 15.0. The van der Waals surface area contributed by atoms with E-state index in [1.54, 1.807) is 14.2 Å². The van der Waals surface area contributed by atoms with Gasteiger partial charge in [0, 0.05) is 58.4 Å². The molecule has 1 aromatic carbocycles. The second-order valence-corrected chi connectivity index (χ2v) is 11.9. The Hall–Kier alpha value is -2.03. The van der Waals surface area contributed by atoms with Crippen molar-refractivity contribution in [2.75, 3.05) is 60.3 Å². The van der Waals surface area contributed by atoms with E-state index >= 15 is 0 Å². The Morgan fingerprint density at radius 2 is 1.82 bits per heavy atom. The Morgan fingerprint density at radius 1 is 1.05 bits per heavy atom. The van der Waals surface area contributed by atoms with Crippen molar-refractivity contribution < 1.29 is 28.5 Å². The molecule has 0 radical (unpaired) electrons. The molecule has 0 aromatic heterocycles. The van der Waals surface area contributed by atoms with Crippen LogP contribution in [0, 0.1) is 23.7 Å². The molecule has 2 aliphatic heterocycles. The molecule has 4 rings (SSSR count). The van der Waals surface area contributed by atoms with Gasteiger partial charge in [0.05, 0.1) is 13.7 Å². The molecule has 1 aliphatic carbocycles. The number of methoxy groups -OCH3 is 2. The van der Waals surface area contributed by atoms with E-state index in [4.69, 9.17) is 23.7 Å². The molecule has 1 saturated carbocycles. The molecule has 2 heterocycles. The van der Waals surface area contributed by atoms with Crippen molar-refractivity contribution in [3.8, 4) is 17.2 Å². The lowest BCUT2D eigenvalue weighted by Crippen LogP contribution is -2.41. The Morgan fingerprint density at radius 3 is 2.51 bits per heavy atom. The van der Waals surface area contributed by atoms with Gasteiger partial charge in [0.25, 0.3) is 0 Å². The van der Waals surface area contributed by atoms with Crippen molar-refractivity contribution in [1.82, 2.24) is 10.2 Å². The molecule has 1 aromatic rings. The van der Waals surface area contributed by atoms with Crippen molar-refractivity contribution >= 4 is 5.91 Å². The quantitative estimate of drug-likeness (QED) is 0.305. The van der Waals surface area contributed by atoms with Gasteiger partial charge in [-0.05, 0) is 81.0 Å². The molecule has 0 bridgehead atoms. The summed E-state index contributed by atoms with van der Waals surface area (Å²) in [6, 6.07) is 6.26. The standard InChI is InChI=1S/C31H50N2O6/c1-22(2)29(39-27-8-9-28(36-4)30(18-27)38-13-5-12-35-3)17-24-19-32-20-25(24)21-33(26-6-7-26)31(34)16-23-10-14-37-15-11-23/h8-9,18,22-26,29,32H,5-7,10-17,19-21H2,1-4H3/t24-,25-,29-/m0/s1. The van der Waals surface area contributed by atoms with Gasteiger partial charge in [-0.15, -0.1) is 0 Å². The molecule has 1 amide bonds. The molecular formula is C31H50N2O6. The molecule has 8 nitrogen and oxygen atoms in total. The van der Waals surface area contributed by atoms with Crippen LogP contribution in [0.1, 0.15) is 58.8 Å². The van der Waals surface area contributed by atoms with Gasteiger partial charge in [-0.2, -0.15) is 0 Å². The maximum absolute atomic E-state index is 13.4. The summed E-state index contributed by atoms with van der Waals surface area (Å²) in [5, 5.41) is 3.62. The number of hydrogen-bond donors (Lipinski definition) is 1. The van der Waals surface area contributed by atoms with Gasteiger partial charge in [-0.1, -0.05) is 13.8 Å². The van der Waals surface area contributed by atoms with E-state index in [1.165, 1.54) is 0 Å². The van der Waals surface area contributed by atoms with Crippen LogP contribution in [0.3, 0.4) is 0 Å². The van der Waals surface area contributed by atoms with Crippen LogP contribution in [0.15, 0.2) is 18.2 Å². The maximum Gasteiger partial charge on any atom is 0.223 e. The van der Waals surface area contributed by atoms with Gasteiger partial charge in [0.1, 0.15) is 11.9 Å². The number of carbonyl (C=O) groups is 1. The zero-order chi connectivity index (χ0) is 27.6. The van der Waals surface area contributed by atoms with Crippen molar-refractivity contribution in [3.63, 3.8) is 0 Å². The summed E-state index contributed by atoms with van der Waals surface area (Å²) in [5.41, 5.74) is 0. The second kappa shape index (κ2) is 15.1. The highest BCUT2D eigenvalue weighted by molar-refractivity contribution is 5.77. The van der Waals surface area contributed by atoms with Crippen molar-refractivity contribution in [2.45, 2.75) is 70.9 Å². The Balaban J connectivity index is 1.36. The van der Waals surface area contributed by atoms with Gasteiger partial charge in [0.15, 0.2) is 11.5 Å². The fraction of sp³-hybridized carbons (Fsp3) is 0.774.